The molecule has 2 aromatic carbocycles. The highest BCUT2D eigenvalue weighted by atomic mass is 35.5. The Balaban J connectivity index is 1.90. The van der Waals surface area contributed by atoms with E-state index in [2.05, 4.69) is 10.1 Å². The first-order valence-electron chi connectivity index (χ1n) is 7.26. The number of esters is 1. The zero-order valence-electron chi connectivity index (χ0n) is 13.0. The fraction of sp³-hybridized carbons (Fsp3) is 0.167. The Morgan fingerprint density at radius 3 is 2.38 bits per heavy atom. The number of rotatable bonds is 6. The van der Waals surface area contributed by atoms with Gasteiger partial charge in [0.1, 0.15) is 0 Å². The van der Waals surface area contributed by atoms with Crippen LogP contribution in [0.3, 0.4) is 0 Å². The van der Waals surface area contributed by atoms with Crippen molar-refractivity contribution in [1.29, 1.82) is 0 Å². The van der Waals surface area contributed by atoms with E-state index in [-0.39, 0.29) is 24.5 Å². The van der Waals surface area contributed by atoms with Gasteiger partial charge >= 0.3 is 5.97 Å². The van der Waals surface area contributed by atoms with Crippen molar-refractivity contribution in [3.63, 3.8) is 0 Å². The molecular formula is C18H16ClNO4. The lowest BCUT2D eigenvalue weighted by Crippen LogP contribution is -2.14. The van der Waals surface area contributed by atoms with Gasteiger partial charge in [0.25, 0.3) is 0 Å². The van der Waals surface area contributed by atoms with Gasteiger partial charge in [0.2, 0.25) is 5.91 Å². The van der Waals surface area contributed by atoms with Gasteiger partial charge in [-0.2, -0.15) is 0 Å². The Hall–Kier alpha value is -2.66. The molecule has 0 atom stereocenters. The molecule has 124 valence electrons. The first-order chi connectivity index (χ1) is 11.5. The van der Waals surface area contributed by atoms with Crippen molar-refractivity contribution in [3.8, 4) is 0 Å². The lowest BCUT2D eigenvalue weighted by molar-refractivity contribution is -0.116. The fourth-order valence-electron chi connectivity index (χ4n) is 2.07. The second kappa shape index (κ2) is 8.26. The molecule has 0 aliphatic heterocycles. The zero-order valence-corrected chi connectivity index (χ0v) is 13.8. The molecule has 1 amide bonds. The molecule has 0 saturated carbocycles. The summed E-state index contributed by atoms with van der Waals surface area (Å²) in [4.78, 5) is 35.4. The largest absolute Gasteiger partial charge is 0.465 e. The number of ketones is 1. The van der Waals surface area contributed by atoms with Gasteiger partial charge in [-0.25, -0.2) is 4.79 Å². The quantitative estimate of drug-likeness (QED) is 0.639. The van der Waals surface area contributed by atoms with E-state index in [1.54, 1.807) is 42.5 Å². The van der Waals surface area contributed by atoms with E-state index in [0.29, 0.717) is 21.8 Å². The zero-order chi connectivity index (χ0) is 17.5. The van der Waals surface area contributed by atoms with Crippen LogP contribution >= 0.6 is 11.6 Å². The van der Waals surface area contributed by atoms with E-state index < -0.39 is 5.97 Å². The number of anilines is 1. The summed E-state index contributed by atoms with van der Waals surface area (Å²) in [6, 6.07) is 12.9. The number of ether oxygens (including phenoxy) is 1. The normalized spacial score (nSPS) is 10.1. The van der Waals surface area contributed by atoms with Gasteiger partial charge in [0.15, 0.2) is 5.78 Å². The number of benzene rings is 2. The Bertz CT molecular complexity index is 756. The molecule has 0 aliphatic rings. The van der Waals surface area contributed by atoms with Gasteiger partial charge in [-0.3, -0.25) is 9.59 Å². The number of carbonyl (C=O) groups is 3. The number of Topliss-reactive ketones (excluding diaryl/α,β-unsaturated/α-hetero) is 1. The molecule has 0 aliphatic carbocycles. The van der Waals surface area contributed by atoms with Crippen molar-refractivity contribution in [1.82, 2.24) is 0 Å². The summed E-state index contributed by atoms with van der Waals surface area (Å²) in [6.45, 7) is 0. The van der Waals surface area contributed by atoms with Crippen LogP contribution in [0, 0.1) is 0 Å². The number of hydrogen-bond acceptors (Lipinski definition) is 4. The molecule has 0 bridgehead atoms. The van der Waals surface area contributed by atoms with Crippen LogP contribution < -0.4 is 5.32 Å². The van der Waals surface area contributed by atoms with E-state index in [9.17, 15) is 14.4 Å². The van der Waals surface area contributed by atoms with Crippen LogP contribution in [0.4, 0.5) is 5.69 Å². The highest BCUT2D eigenvalue weighted by Crippen LogP contribution is 2.14. The van der Waals surface area contributed by atoms with Crippen molar-refractivity contribution in [2.75, 3.05) is 12.4 Å². The summed E-state index contributed by atoms with van der Waals surface area (Å²) >= 11 is 5.77. The van der Waals surface area contributed by atoms with Gasteiger partial charge in [0, 0.05) is 29.1 Å². The van der Waals surface area contributed by atoms with Gasteiger partial charge in [-0.1, -0.05) is 17.7 Å². The van der Waals surface area contributed by atoms with Crippen molar-refractivity contribution in [2.24, 2.45) is 0 Å². The minimum Gasteiger partial charge on any atom is -0.465 e. The monoisotopic (exact) mass is 345 g/mol. The Morgan fingerprint density at radius 1 is 1.00 bits per heavy atom. The van der Waals surface area contributed by atoms with E-state index in [4.69, 9.17) is 11.6 Å². The molecule has 1 N–H and O–H groups in total. The minimum absolute atomic E-state index is 0.0455. The SMILES string of the molecule is COC(=O)c1cccc(NC(=O)CCC(=O)c2ccc(Cl)cc2)c1. The first kappa shape index (κ1) is 17.7. The van der Waals surface area contributed by atoms with Gasteiger partial charge in [-0.15, -0.1) is 0 Å². The number of halogens is 1. The fourth-order valence-corrected chi connectivity index (χ4v) is 2.20. The molecule has 2 rings (SSSR count). The van der Waals surface area contributed by atoms with Crippen LogP contribution in [-0.2, 0) is 9.53 Å². The smallest absolute Gasteiger partial charge is 0.337 e. The van der Waals surface area contributed by atoms with E-state index in [1.165, 1.54) is 13.2 Å². The lowest BCUT2D eigenvalue weighted by Gasteiger charge is -2.07. The van der Waals surface area contributed by atoms with E-state index >= 15 is 0 Å². The summed E-state index contributed by atoms with van der Waals surface area (Å²) in [5, 5.41) is 3.21. The number of nitrogens with one attached hydrogen (secondary N) is 1. The summed E-state index contributed by atoms with van der Waals surface area (Å²) in [7, 11) is 1.29. The predicted molar refractivity (Wildman–Crippen MR) is 91.4 cm³/mol. The third-order valence-corrected chi connectivity index (χ3v) is 3.56. The van der Waals surface area contributed by atoms with Crippen molar-refractivity contribution in [3.05, 3.63) is 64.7 Å². The minimum atomic E-state index is -0.482. The van der Waals surface area contributed by atoms with Crippen LogP contribution in [0.15, 0.2) is 48.5 Å². The van der Waals surface area contributed by atoms with Crippen LogP contribution in [0.2, 0.25) is 5.02 Å². The number of amides is 1. The van der Waals surface area contributed by atoms with Crippen molar-refractivity contribution < 1.29 is 19.1 Å². The van der Waals surface area contributed by atoms with Crippen molar-refractivity contribution >= 4 is 34.9 Å². The maximum absolute atomic E-state index is 12.0. The van der Waals surface area contributed by atoms with Crippen LogP contribution in [0.25, 0.3) is 0 Å². The van der Waals surface area contributed by atoms with Gasteiger partial charge in [-0.05, 0) is 42.5 Å². The molecule has 0 saturated heterocycles. The molecule has 0 aromatic heterocycles. The second-order valence-corrected chi connectivity index (χ2v) is 5.49. The predicted octanol–water partition coefficient (Wildman–Crippen LogP) is 3.73. The average Bonchev–Trinajstić information content (AvgIpc) is 2.59. The molecule has 2 aromatic rings. The van der Waals surface area contributed by atoms with Gasteiger partial charge < -0.3 is 10.1 Å². The van der Waals surface area contributed by atoms with Crippen LogP contribution in [-0.4, -0.2) is 24.8 Å². The molecular weight excluding hydrogens is 330 g/mol. The first-order valence-corrected chi connectivity index (χ1v) is 7.64. The molecule has 0 radical (unpaired) electrons. The summed E-state index contributed by atoms with van der Waals surface area (Å²) in [5.74, 6) is -0.923. The number of methoxy groups -OCH3 is 1. The number of hydrogen-bond donors (Lipinski definition) is 1. The lowest BCUT2D eigenvalue weighted by atomic mass is 10.1. The highest BCUT2D eigenvalue weighted by Gasteiger charge is 2.11. The third-order valence-electron chi connectivity index (χ3n) is 3.31. The standard InChI is InChI=1S/C18H16ClNO4/c1-24-18(23)13-3-2-4-15(11-13)20-17(22)10-9-16(21)12-5-7-14(19)8-6-12/h2-8,11H,9-10H2,1H3,(H,20,22). The molecule has 0 unspecified atom stereocenters. The van der Waals surface area contributed by atoms with Crippen LogP contribution in [0.1, 0.15) is 33.6 Å². The molecule has 5 nitrogen and oxygen atoms in total. The maximum Gasteiger partial charge on any atom is 0.337 e. The topological polar surface area (TPSA) is 72.5 Å². The van der Waals surface area contributed by atoms with Crippen molar-refractivity contribution in [2.45, 2.75) is 12.8 Å². The molecule has 0 fully saturated rings. The van der Waals surface area contributed by atoms with E-state index in [0.717, 1.165) is 0 Å². The summed E-state index contributed by atoms with van der Waals surface area (Å²) < 4.78 is 4.63. The Labute approximate surface area is 144 Å². The Morgan fingerprint density at radius 2 is 1.71 bits per heavy atom. The van der Waals surface area contributed by atoms with E-state index in [1.807, 2.05) is 0 Å². The Kier molecular flexibility index (Phi) is 6.09. The maximum atomic E-state index is 12.0. The summed E-state index contributed by atoms with van der Waals surface area (Å²) in [5.41, 5.74) is 1.33. The van der Waals surface area contributed by atoms with Crippen LogP contribution in [0.5, 0.6) is 0 Å². The van der Waals surface area contributed by atoms with Gasteiger partial charge in [0.05, 0.1) is 12.7 Å². The average molecular weight is 346 g/mol. The third kappa shape index (κ3) is 4.93. The number of carbonyl (C=O) groups excluding carboxylic acids is 3. The second-order valence-electron chi connectivity index (χ2n) is 5.05. The molecule has 0 heterocycles. The molecule has 24 heavy (non-hydrogen) atoms. The molecule has 6 heteroatoms. The highest BCUT2D eigenvalue weighted by molar-refractivity contribution is 6.30. The molecule has 0 spiro atoms. The summed E-state index contributed by atoms with van der Waals surface area (Å²) in [6.07, 6.45) is 0.133.